The summed E-state index contributed by atoms with van der Waals surface area (Å²) in [4.78, 5) is 46.2. The van der Waals surface area contributed by atoms with Crippen molar-refractivity contribution in [3.8, 4) is 11.5 Å². The van der Waals surface area contributed by atoms with Gasteiger partial charge in [0.1, 0.15) is 0 Å². The molecule has 1 aliphatic heterocycles. The molecule has 3 rings (SSSR count). The Morgan fingerprint density at radius 2 is 1.82 bits per heavy atom. The normalized spacial score (nSPS) is 15.4. The maximum Gasteiger partial charge on any atom is 0.308 e. The Labute approximate surface area is 195 Å². The van der Waals surface area contributed by atoms with Crippen LogP contribution in [0.5, 0.6) is 11.5 Å². The Hall–Kier alpha value is -3.59. The van der Waals surface area contributed by atoms with E-state index in [0.717, 1.165) is 28.5 Å². The fourth-order valence-electron chi connectivity index (χ4n) is 3.17. The number of carbonyl (C=O) groups excluding carboxylic acids is 4. The van der Waals surface area contributed by atoms with Crippen LogP contribution in [0.15, 0.2) is 48.5 Å². The van der Waals surface area contributed by atoms with E-state index in [9.17, 15) is 19.2 Å². The van der Waals surface area contributed by atoms with Crippen LogP contribution in [0.3, 0.4) is 0 Å². The molecule has 1 unspecified atom stereocenters. The molecule has 1 heterocycles. The monoisotopic (exact) mass is 468 g/mol. The minimum atomic E-state index is -0.442. The third-order valence-electron chi connectivity index (χ3n) is 4.79. The number of rotatable bonds is 9. The van der Waals surface area contributed by atoms with E-state index in [0.29, 0.717) is 30.9 Å². The van der Waals surface area contributed by atoms with Crippen LogP contribution in [0.25, 0.3) is 6.08 Å². The summed E-state index contributed by atoms with van der Waals surface area (Å²) in [5, 5.41) is 4.44. The average Bonchev–Trinajstić information content (AvgIpc) is 3.10. The minimum Gasteiger partial charge on any atom is -0.493 e. The van der Waals surface area contributed by atoms with Crippen molar-refractivity contribution in [1.82, 2.24) is 10.6 Å². The van der Waals surface area contributed by atoms with Gasteiger partial charge in [0.2, 0.25) is 11.8 Å². The summed E-state index contributed by atoms with van der Waals surface area (Å²) in [5.41, 5.74) is 2.75. The topological polar surface area (TPSA) is 111 Å². The van der Waals surface area contributed by atoms with Gasteiger partial charge < -0.3 is 14.8 Å². The molecule has 3 amide bonds. The number of thioether (sulfide) groups is 1. The van der Waals surface area contributed by atoms with Crippen molar-refractivity contribution in [3.05, 3.63) is 65.2 Å². The number of esters is 1. The number of amides is 3. The Bertz CT molecular complexity index is 1080. The minimum absolute atomic E-state index is 0.233. The lowest BCUT2D eigenvalue weighted by atomic mass is 10.1. The largest absolute Gasteiger partial charge is 0.493 e. The highest BCUT2D eigenvalue weighted by Gasteiger charge is 2.31. The lowest BCUT2D eigenvalue weighted by Gasteiger charge is -2.08. The summed E-state index contributed by atoms with van der Waals surface area (Å²) >= 11 is 1.02. The van der Waals surface area contributed by atoms with Gasteiger partial charge in [0.25, 0.3) is 5.24 Å². The van der Waals surface area contributed by atoms with E-state index in [1.807, 2.05) is 24.3 Å². The Morgan fingerprint density at radius 3 is 2.45 bits per heavy atom. The molecule has 1 saturated heterocycles. The van der Waals surface area contributed by atoms with Crippen LogP contribution in [-0.2, 0) is 27.2 Å². The van der Waals surface area contributed by atoms with Crippen molar-refractivity contribution in [3.63, 3.8) is 0 Å². The van der Waals surface area contributed by atoms with Crippen molar-refractivity contribution < 1.29 is 28.7 Å². The van der Waals surface area contributed by atoms with Crippen LogP contribution in [-0.4, -0.2) is 41.9 Å². The predicted molar refractivity (Wildman–Crippen MR) is 125 cm³/mol. The quantitative estimate of drug-likeness (QED) is 0.331. The van der Waals surface area contributed by atoms with Crippen LogP contribution in [0.1, 0.15) is 23.6 Å². The fourth-order valence-corrected chi connectivity index (χ4v) is 4.03. The van der Waals surface area contributed by atoms with Crippen molar-refractivity contribution in [2.24, 2.45) is 0 Å². The van der Waals surface area contributed by atoms with E-state index < -0.39 is 5.97 Å². The SMILES string of the molecule is COc1cc(/C=C/C(=O)NCCc2ccc(CC3SC(=O)NC3=O)cc2)ccc1OC(C)=O. The van der Waals surface area contributed by atoms with Gasteiger partial charge in [-0.2, -0.15) is 0 Å². The second kappa shape index (κ2) is 11.3. The highest BCUT2D eigenvalue weighted by atomic mass is 32.2. The molecule has 0 radical (unpaired) electrons. The number of carbonyl (C=O) groups is 4. The maximum atomic E-state index is 12.1. The van der Waals surface area contributed by atoms with E-state index in [2.05, 4.69) is 10.6 Å². The number of benzene rings is 2. The molecule has 0 aliphatic carbocycles. The number of ether oxygens (including phenoxy) is 2. The summed E-state index contributed by atoms with van der Waals surface area (Å²) < 4.78 is 10.3. The average molecular weight is 469 g/mol. The van der Waals surface area contributed by atoms with E-state index in [1.54, 1.807) is 24.3 Å². The highest BCUT2D eigenvalue weighted by molar-refractivity contribution is 8.15. The van der Waals surface area contributed by atoms with Gasteiger partial charge in [-0.15, -0.1) is 0 Å². The van der Waals surface area contributed by atoms with E-state index >= 15 is 0 Å². The standard InChI is InChI=1S/C24H24N2O6S/c1-15(27)32-19-9-7-17(13-20(19)31-2)8-10-22(28)25-12-11-16-3-5-18(6-4-16)14-21-23(29)26-24(30)33-21/h3-10,13,21H,11-12,14H2,1-2H3,(H,25,28)(H,26,29,30)/b10-8+. The number of hydrogen-bond acceptors (Lipinski definition) is 7. The number of hydrogen-bond donors (Lipinski definition) is 2. The highest BCUT2D eigenvalue weighted by Crippen LogP contribution is 2.28. The van der Waals surface area contributed by atoms with E-state index in [1.165, 1.54) is 20.1 Å². The summed E-state index contributed by atoms with van der Waals surface area (Å²) in [6.07, 6.45) is 4.22. The molecule has 0 aromatic heterocycles. The first kappa shape index (κ1) is 24.1. The van der Waals surface area contributed by atoms with Gasteiger partial charge in [-0.1, -0.05) is 42.1 Å². The Kier molecular flexibility index (Phi) is 8.26. The van der Waals surface area contributed by atoms with Crippen molar-refractivity contribution in [2.45, 2.75) is 25.0 Å². The van der Waals surface area contributed by atoms with Gasteiger partial charge in [-0.3, -0.25) is 24.5 Å². The smallest absolute Gasteiger partial charge is 0.308 e. The first-order valence-corrected chi connectivity index (χ1v) is 11.1. The van der Waals surface area contributed by atoms with Crippen LogP contribution < -0.4 is 20.1 Å². The molecule has 1 aliphatic rings. The molecule has 1 atom stereocenters. The molecule has 2 N–H and O–H groups in total. The van der Waals surface area contributed by atoms with E-state index in [4.69, 9.17) is 9.47 Å². The van der Waals surface area contributed by atoms with Crippen LogP contribution in [0.2, 0.25) is 0 Å². The molecule has 172 valence electrons. The Balaban J connectivity index is 1.45. The summed E-state index contributed by atoms with van der Waals surface area (Å²) in [5.74, 6) is -0.208. The summed E-state index contributed by atoms with van der Waals surface area (Å²) in [7, 11) is 1.47. The molecule has 1 fully saturated rings. The molecular formula is C24H24N2O6S. The van der Waals surface area contributed by atoms with Gasteiger partial charge in [0, 0.05) is 19.5 Å². The Morgan fingerprint density at radius 1 is 1.09 bits per heavy atom. The first-order valence-electron chi connectivity index (χ1n) is 10.3. The zero-order valence-corrected chi connectivity index (χ0v) is 19.1. The second-order valence-electron chi connectivity index (χ2n) is 7.28. The van der Waals surface area contributed by atoms with Crippen molar-refractivity contribution >= 4 is 40.9 Å². The van der Waals surface area contributed by atoms with Gasteiger partial charge in [0.05, 0.1) is 12.4 Å². The third-order valence-corrected chi connectivity index (χ3v) is 5.77. The predicted octanol–water partition coefficient (Wildman–Crippen LogP) is 2.89. The van der Waals surface area contributed by atoms with Gasteiger partial charge >= 0.3 is 5.97 Å². The lowest BCUT2D eigenvalue weighted by Crippen LogP contribution is -2.25. The van der Waals surface area contributed by atoms with Crippen molar-refractivity contribution in [2.75, 3.05) is 13.7 Å². The summed E-state index contributed by atoms with van der Waals surface area (Å²) in [6.45, 7) is 1.78. The fraction of sp³-hybridized carbons (Fsp3) is 0.250. The molecule has 0 saturated carbocycles. The molecule has 2 aromatic rings. The molecular weight excluding hydrogens is 444 g/mol. The summed E-state index contributed by atoms with van der Waals surface area (Å²) in [6, 6.07) is 12.8. The number of methoxy groups -OCH3 is 1. The molecule has 0 spiro atoms. The zero-order chi connectivity index (χ0) is 23.8. The third kappa shape index (κ3) is 7.21. The maximum absolute atomic E-state index is 12.1. The molecule has 2 aromatic carbocycles. The van der Waals surface area contributed by atoms with Crippen LogP contribution >= 0.6 is 11.8 Å². The van der Waals surface area contributed by atoms with E-state index in [-0.39, 0.29) is 22.3 Å². The number of imide groups is 1. The van der Waals surface area contributed by atoms with Crippen molar-refractivity contribution in [1.29, 1.82) is 0 Å². The van der Waals surface area contributed by atoms with Crippen LogP contribution in [0, 0.1) is 0 Å². The van der Waals surface area contributed by atoms with Gasteiger partial charge in [-0.05, 0) is 47.7 Å². The zero-order valence-electron chi connectivity index (χ0n) is 18.3. The molecule has 8 nitrogen and oxygen atoms in total. The molecule has 9 heteroatoms. The number of nitrogens with one attached hydrogen (secondary N) is 2. The molecule has 33 heavy (non-hydrogen) atoms. The van der Waals surface area contributed by atoms with Gasteiger partial charge in [-0.25, -0.2) is 0 Å². The van der Waals surface area contributed by atoms with Crippen LogP contribution in [0.4, 0.5) is 4.79 Å². The second-order valence-corrected chi connectivity index (χ2v) is 8.46. The molecule has 0 bridgehead atoms. The van der Waals surface area contributed by atoms with Gasteiger partial charge in [0.15, 0.2) is 11.5 Å². The lowest BCUT2D eigenvalue weighted by molar-refractivity contribution is -0.132. The first-order chi connectivity index (χ1) is 15.8.